The smallest absolute Gasteiger partial charge is 0.0804 e. The zero-order valence-corrected chi connectivity index (χ0v) is 9.77. The van der Waals surface area contributed by atoms with Gasteiger partial charge in [-0.1, -0.05) is 43.3 Å². The van der Waals surface area contributed by atoms with Crippen molar-refractivity contribution in [3.05, 3.63) is 48.2 Å². The topological polar surface area (TPSA) is 38.9 Å². The highest BCUT2D eigenvalue weighted by Crippen LogP contribution is 2.28. The summed E-state index contributed by atoms with van der Waals surface area (Å²) in [7, 11) is 0. The van der Waals surface area contributed by atoms with E-state index >= 15 is 0 Å². The molecule has 0 fully saturated rings. The van der Waals surface area contributed by atoms with Gasteiger partial charge < -0.3 is 5.73 Å². The van der Waals surface area contributed by atoms with Crippen molar-refractivity contribution in [3.8, 4) is 0 Å². The molecule has 17 heavy (non-hydrogen) atoms. The zero-order valence-electron chi connectivity index (χ0n) is 9.77. The summed E-state index contributed by atoms with van der Waals surface area (Å²) in [5.74, 6) is 0. The Kier molecular flexibility index (Phi) is 2.22. The molecule has 3 rings (SSSR count). The maximum Gasteiger partial charge on any atom is 0.0804 e. The van der Waals surface area contributed by atoms with Crippen molar-refractivity contribution in [3.63, 3.8) is 0 Å². The number of hydrogen-bond acceptors (Lipinski definition) is 2. The van der Waals surface area contributed by atoms with Crippen molar-refractivity contribution in [2.75, 3.05) is 5.73 Å². The molecule has 0 aliphatic rings. The van der Waals surface area contributed by atoms with Crippen molar-refractivity contribution in [2.45, 2.75) is 13.3 Å². The molecule has 0 saturated heterocycles. The van der Waals surface area contributed by atoms with Crippen LogP contribution in [0.2, 0.25) is 0 Å². The van der Waals surface area contributed by atoms with E-state index in [0.717, 1.165) is 28.7 Å². The number of nitrogens with two attached hydrogens (primary N) is 1. The summed E-state index contributed by atoms with van der Waals surface area (Å²) < 4.78 is 0. The average Bonchev–Trinajstić information content (AvgIpc) is 2.38. The maximum absolute atomic E-state index is 6.08. The lowest BCUT2D eigenvalue weighted by molar-refractivity contribution is 1.06. The average molecular weight is 222 g/mol. The first-order valence-corrected chi connectivity index (χ1v) is 5.86. The highest BCUT2D eigenvalue weighted by atomic mass is 14.7. The van der Waals surface area contributed by atoms with Crippen molar-refractivity contribution < 1.29 is 0 Å². The van der Waals surface area contributed by atoms with Crippen LogP contribution in [0.1, 0.15) is 12.6 Å². The minimum atomic E-state index is 0.817. The molecule has 0 spiro atoms. The maximum atomic E-state index is 6.08. The van der Waals surface area contributed by atoms with Crippen LogP contribution in [0.15, 0.2) is 42.5 Å². The van der Waals surface area contributed by atoms with E-state index in [1.54, 1.807) is 0 Å². The molecule has 0 amide bonds. The first-order valence-electron chi connectivity index (χ1n) is 5.86. The Morgan fingerprint density at radius 2 is 1.88 bits per heavy atom. The fraction of sp³-hybridized carbons (Fsp3) is 0.133. The van der Waals surface area contributed by atoms with Gasteiger partial charge in [-0.15, -0.1) is 0 Å². The summed E-state index contributed by atoms with van der Waals surface area (Å²) in [5.41, 5.74) is 8.96. The lowest BCUT2D eigenvalue weighted by Gasteiger charge is -2.07. The number of benzene rings is 2. The number of hydrogen-bond donors (Lipinski definition) is 1. The SMILES string of the molecule is CCc1cc(N)c2ccc3ccccc3c2n1. The van der Waals surface area contributed by atoms with Crippen LogP contribution in [0, 0.1) is 0 Å². The summed E-state index contributed by atoms with van der Waals surface area (Å²) in [6.07, 6.45) is 0.906. The van der Waals surface area contributed by atoms with Crippen LogP contribution in [0.4, 0.5) is 5.69 Å². The van der Waals surface area contributed by atoms with E-state index in [-0.39, 0.29) is 0 Å². The third-order valence-corrected chi connectivity index (χ3v) is 3.15. The molecular weight excluding hydrogens is 208 g/mol. The van der Waals surface area contributed by atoms with Gasteiger partial charge in [0.2, 0.25) is 0 Å². The molecule has 2 aromatic carbocycles. The number of pyridine rings is 1. The van der Waals surface area contributed by atoms with E-state index in [2.05, 4.69) is 31.2 Å². The molecule has 2 N–H and O–H groups in total. The number of fused-ring (bicyclic) bond motifs is 3. The summed E-state index contributed by atoms with van der Waals surface area (Å²) >= 11 is 0. The monoisotopic (exact) mass is 222 g/mol. The molecule has 0 aliphatic heterocycles. The van der Waals surface area contributed by atoms with Crippen LogP contribution in [-0.2, 0) is 6.42 Å². The van der Waals surface area contributed by atoms with E-state index in [9.17, 15) is 0 Å². The molecule has 84 valence electrons. The van der Waals surface area contributed by atoms with E-state index in [1.165, 1.54) is 10.8 Å². The number of aromatic nitrogens is 1. The second-order valence-corrected chi connectivity index (χ2v) is 4.24. The summed E-state index contributed by atoms with van der Waals surface area (Å²) in [4.78, 5) is 4.70. The highest BCUT2D eigenvalue weighted by Gasteiger charge is 2.05. The van der Waals surface area contributed by atoms with Gasteiger partial charge in [-0.25, -0.2) is 0 Å². The fourth-order valence-electron chi connectivity index (χ4n) is 2.22. The van der Waals surface area contributed by atoms with Crippen LogP contribution in [0.5, 0.6) is 0 Å². The second kappa shape index (κ2) is 3.74. The lowest BCUT2D eigenvalue weighted by Crippen LogP contribution is -1.95. The van der Waals surface area contributed by atoms with Crippen molar-refractivity contribution in [1.29, 1.82) is 0 Å². The van der Waals surface area contributed by atoms with Gasteiger partial charge >= 0.3 is 0 Å². The fourth-order valence-corrected chi connectivity index (χ4v) is 2.22. The minimum Gasteiger partial charge on any atom is -0.398 e. The van der Waals surface area contributed by atoms with E-state index < -0.39 is 0 Å². The van der Waals surface area contributed by atoms with Crippen LogP contribution in [-0.4, -0.2) is 4.98 Å². The number of rotatable bonds is 1. The Labute approximate surface area is 100 Å². The molecule has 0 saturated carbocycles. The van der Waals surface area contributed by atoms with Crippen molar-refractivity contribution in [1.82, 2.24) is 4.98 Å². The van der Waals surface area contributed by atoms with Gasteiger partial charge in [0.1, 0.15) is 0 Å². The van der Waals surface area contributed by atoms with Gasteiger partial charge in [0.15, 0.2) is 0 Å². The van der Waals surface area contributed by atoms with Crippen LogP contribution >= 0.6 is 0 Å². The highest BCUT2D eigenvalue weighted by molar-refractivity contribution is 6.08. The van der Waals surface area contributed by atoms with Gasteiger partial charge in [0, 0.05) is 22.2 Å². The lowest BCUT2D eigenvalue weighted by atomic mass is 10.0. The van der Waals surface area contributed by atoms with Crippen molar-refractivity contribution in [2.24, 2.45) is 0 Å². The summed E-state index contributed by atoms with van der Waals surface area (Å²) in [6, 6.07) is 14.4. The molecule has 0 radical (unpaired) electrons. The third kappa shape index (κ3) is 1.53. The first-order chi connectivity index (χ1) is 8.29. The Bertz CT molecular complexity index is 702. The molecule has 1 heterocycles. The normalized spacial score (nSPS) is 11.1. The van der Waals surface area contributed by atoms with Crippen LogP contribution in [0.25, 0.3) is 21.7 Å². The molecule has 1 aromatic heterocycles. The van der Waals surface area contributed by atoms with Gasteiger partial charge in [0.05, 0.1) is 5.52 Å². The van der Waals surface area contributed by atoms with Gasteiger partial charge in [-0.05, 0) is 17.9 Å². The van der Waals surface area contributed by atoms with Crippen LogP contribution in [0.3, 0.4) is 0 Å². The Hall–Kier alpha value is -2.09. The molecule has 0 atom stereocenters. The molecule has 0 aliphatic carbocycles. The predicted octanol–water partition coefficient (Wildman–Crippen LogP) is 3.53. The number of nitrogens with zero attached hydrogens (tertiary/aromatic N) is 1. The Balaban J connectivity index is 2.51. The van der Waals surface area contributed by atoms with Crippen molar-refractivity contribution >= 4 is 27.4 Å². The quantitative estimate of drug-likeness (QED) is 0.640. The molecule has 2 heteroatoms. The van der Waals surface area contributed by atoms with Gasteiger partial charge in [0.25, 0.3) is 0 Å². The second-order valence-electron chi connectivity index (χ2n) is 4.24. The molecule has 2 nitrogen and oxygen atoms in total. The van der Waals surface area contributed by atoms with E-state index in [4.69, 9.17) is 10.7 Å². The van der Waals surface area contributed by atoms with E-state index in [0.29, 0.717) is 0 Å². The number of anilines is 1. The summed E-state index contributed by atoms with van der Waals surface area (Å²) in [5, 5.41) is 3.42. The predicted molar refractivity (Wildman–Crippen MR) is 73.0 cm³/mol. The molecule has 0 bridgehead atoms. The Morgan fingerprint density at radius 3 is 2.71 bits per heavy atom. The number of aryl methyl sites for hydroxylation is 1. The standard InChI is InChI=1S/C15H14N2/c1-2-11-9-14(16)13-8-7-10-5-3-4-6-12(10)15(13)17-11/h3-9H,2H2,1H3,(H2,16,17). The van der Waals surface area contributed by atoms with Gasteiger partial charge in [-0.2, -0.15) is 0 Å². The third-order valence-electron chi connectivity index (χ3n) is 3.15. The van der Waals surface area contributed by atoms with Crippen LogP contribution < -0.4 is 5.73 Å². The number of nitrogen functional groups attached to an aromatic ring is 1. The molecular formula is C15H14N2. The zero-order chi connectivity index (χ0) is 11.8. The van der Waals surface area contributed by atoms with Gasteiger partial charge in [-0.3, -0.25) is 4.98 Å². The first kappa shape index (κ1) is 10.1. The minimum absolute atomic E-state index is 0.817. The largest absolute Gasteiger partial charge is 0.398 e. The molecule has 0 unspecified atom stereocenters. The Morgan fingerprint density at radius 1 is 1.06 bits per heavy atom. The summed E-state index contributed by atoms with van der Waals surface area (Å²) in [6.45, 7) is 2.10. The van der Waals surface area contributed by atoms with E-state index in [1.807, 2.05) is 18.2 Å². The molecule has 3 aromatic rings.